The topological polar surface area (TPSA) is 0 Å². The van der Waals surface area contributed by atoms with Crippen LogP contribution in [-0.2, 0) is 21.7 Å². The van der Waals surface area contributed by atoms with Crippen LogP contribution in [0.2, 0.25) is 17.6 Å². The van der Waals surface area contributed by atoms with Crippen molar-refractivity contribution < 1.29 is 21.7 Å². The molecule has 1 aromatic carbocycles. The van der Waals surface area contributed by atoms with Crippen molar-refractivity contribution in [3.8, 4) is 0 Å². The first-order valence-corrected chi connectivity index (χ1v) is 10.8. The SMILES string of the molecule is CC1=[C-]C(C)([Si](C)(CC(C)C)c2ccccc2)C(C)=C1C.[CH3-].[CH3-].[CH3-].[Ti+4]. The van der Waals surface area contributed by atoms with Gasteiger partial charge < -0.3 is 22.3 Å². The summed E-state index contributed by atoms with van der Waals surface area (Å²) < 4.78 is 0. The quantitative estimate of drug-likeness (QED) is 0.390. The van der Waals surface area contributed by atoms with Gasteiger partial charge in [0.1, 0.15) is 0 Å². The minimum absolute atomic E-state index is 0. The Morgan fingerprint density at radius 2 is 1.48 bits per heavy atom. The van der Waals surface area contributed by atoms with E-state index >= 15 is 0 Å². The molecule has 0 nitrogen and oxygen atoms in total. The molecular weight excluding hydrogens is 352 g/mol. The van der Waals surface area contributed by atoms with Crippen molar-refractivity contribution in [2.24, 2.45) is 5.92 Å². The average Bonchev–Trinajstić information content (AvgIpc) is 2.64. The van der Waals surface area contributed by atoms with Crippen molar-refractivity contribution in [3.05, 3.63) is 75.4 Å². The molecule has 0 spiro atoms. The zero-order chi connectivity index (χ0) is 15.8. The fourth-order valence-corrected chi connectivity index (χ4v) is 9.26. The van der Waals surface area contributed by atoms with E-state index in [-0.39, 0.29) is 49.0 Å². The molecule has 1 aliphatic carbocycles. The fraction of sp³-hybridized carbons (Fsp3) is 0.435. The van der Waals surface area contributed by atoms with E-state index in [9.17, 15) is 0 Å². The normalized spacial score (nSPS) is 21.2. The summed E-state index contributed by atoms with van der Waals surface area (Å²) in [5.74, 6) is 0.717. The second-order valence-corrected chi connectivity index (χ2v) is 12.1. The van der Waals surface area contributed by atoms with E-state index in [4.69, 9.17) is 0 Å². The smallest absolute Gasteiger partial charge is 0.358 e. The summed E-state index contributed by atoms with van der Waals surface area (Å²) in [6.07, 6.45) is 3.88. The summed E-state index contributed by atoms with van der Waals surface area (Å²) >= 11 is 0. The molecule has 0 aliphatic heterocycles. The number of benzene rings is 1. The Balaban J connectivity index is -0.00000121. The predicted octanol–water partition coefficient (Wildman–Crippen LogP) is 6.84. The molecule has 0 radical (unpaired) electrons. The van der Waals surface area contributed by atoms with Crippen molar-refractivity contribution in [2.75, 3.05) is 0 Å². The molecule has 0 bridgehead atoms. The minimum atomic E-state index is -1.72. The molecule has 0 heterocycles. The Kier molecular flexibility index (Phi) is 12.6. The Hall–Kier alpha value is -0.369. The Labute approximate surface area is 175 Å². The molecule has 1 aliphatic rings. The molecule has 0 saturated carbocycles. The van der Waals surface area contributed by atoms with E-state index in [1.807, 2.05) is 0 Å². The number of rotatable bonds is 4. The Morgan fingerprint density at radius 3 is 1.84 bits per heavy atom. The van der Waals surface area contributed by atoms with Gasteiger partial charge in [-0.25, -0.2) is 5.57 Å². The molecule has 138 valence electrons. The van der Waals surface area contributed by atoms with Crippen LogP contribution in [0.4, 0.5) is 0 Å². The maximum absolute atomic E-state index is 3.88. The first-order chi connectivity index (χ1) is 9.72. The summed E-state index contributed by atoms with van der Waals surface area (Å²) in [5, 5.41) is 1.68. The van der Waals surface area contributed by atoms with Crippen LogP contribution >= 0.6 is 0 Å². The standard InChI is InChI=1S/C20H29Si.3CH3.Ti/c1-15(2)14-21(7,19-11-9-8-10-12-19)20(6)13-16(3)17(4)18(20)5;;;;/h8-12,15H,14H2,1-7H3;3*1H3;/q4*-1;+4. The molecule has 2 heteroatoms. The van der Waals surface area contributed by atoms with E-state index in [2.05, 4.69) is 84.5 Å². The van der Waals surface area contributed by atoms with E-state index in [1.54, 1.807) is 10.8 Å². The zero-order valence-electron chi connectivity index (χ0n) is 18.2. The molecule has 2 atom stereocenters. The molecule has 0 N–H and O–H groups in total. The van der Waals surface area contributed by atoms with Crippen LogP contribution in [0.5, 0.6) is 0 Å². The van der Waals surface area contributed by atoms with Crippen LogP contribution in [-0.4, -0.2) is 8.07 Å². The number of hydrogen-bond acceptors (Lipinski definition) is 0. The molecular formula is C23H38SiTi. The van der Waals surface area contributed by atoms with Gasteiger partial charge in [0, 0.05) is 0 Å². The van der Waals surface area contributed by atoms with Gasteiger partial charge in [0.15, 0.2) is 0 Å². The summed E-state index contributed by atoms with van der Waals surface area (Å²) in [5.41, 5.74) is 4.35. The Morgan fingerprint density at radius 1 is 1.00 bits per heavy atom. The number of allylic oxidation sites excluding steroid dienone is 4. The summed E-state index contributed by atoms with van der Waals surface area (Å²) in [7, 11) is -1.72. The summed E-state index contributed by atoms with van der Waals surface area (Å²) in [6, 6.07) is 12.5. The minimum Gasteiger partial charge on any atom is -0.358 e. The largest absolute Gasteiger partial charge is 4.00 e. The molecule has 1 aromatic rings. The van der Waals surface area contributed by atoms with Gasteiger partial charge in [-0.2, -0.15) is 11.1 Å². The third-order valence-electron chi connectivity index (χ3n) is 5.64. The van der Waals surface area contributed by atoms with Crippen molar-refractivity contribution in [1.29, 1.82) is 0 Å². The third-order valence-corrected chi connectivity index (χ3v) is 11.6. The summed E-state index contributed by atoms with van der Waals surface area (Å²) in [4.78, 5) is 0. The molecule has 0 aromatic heterocycles. The van der Waals surface area contributed by atoms with Crippen LogP contribution in [0.15, 0.2) is 47.1 Å². The van der Waals surface area contributed by atoms with E-state index in [0.717, 1.165) is 5.92 Å². The Bertz CT molecular complexity index is 585. The first kappa shape index (κ1) is 29.4. The van der Waals surface area contributed by atoms with Gasteiger partial charge in [0.25, 0.3) is 0 Å². The monoisotopic (exact) mass is 390 g/mol. The maximum atomic E-state index is 3.88. The second kappa shape index (κ2) is 10.7. The zero-order valence-corrected chi connectivity index (χ0v) is 20.7. The van der Waals surface area contributed by atoms with Crippen molar-refractivity contribution in [1.82, 2.24) is 0 Å². The van der Waals surface area contributed by atoms with E-state index in [0.29, 0.717) is 0 Å². The number of hydrogen-bond donors (Lipinski definition) is 0. The molecule has 25 heavy (non-hydrogen) atoms. The third kappa shape index (κ3) is 5.09. The van der Waals surface area contributed by atoms with Crippen molar-refractivity contribution in [2.45, 2.75) is 59.2 Å². The van der Waals surface area contributed by atoms with Crippen LogP contribution < -0.4 is 5.19 Å². The van der Waals surface area contributed by atoms with Gasteiger partial charge in [-0.15, -0.1) is 6.92 Å². The van der Waals surface area contributed by atoms with Crippen LogP contribution in [0.1, 0.15) is 41.5 Å². The van der Waals surface area contributed by atoms with Crippen molar-refractivity contribution in [3.63, 3.8) is 0 Å². The first-order valence-electron chi connectivity index (χ1n) is 8.08. The van der Waals surface area contributed by atoms with Gasteiger partial charge in [0.2, 0.25) is 0 Å². The van der Waals surface area contributed by atoms with Gasteiger partial charge >= 0.3 is 21.7 Å². The molecule has 0 fully saturated rings. The van der Waals surface area contributed by atoms with E-state index in [1.165, 1.54) is 17.2 Å². The molecule has 2 rings (SSSR count). The van der Waals surface area contributed by atoms with Gasteiger partial charge in [0.05, 0.1) is 8.07 Å². The van der Waals surface area contributed by atoms with Crippen LogP contribution in [0.25, 0.3) is 0 Å². The van der Waals surface area contributed by atoms with Gasteiger partial charge in [-0.3, -0.25) is 6.08 Å². The second-order valence-electron chi connectivity index (χ2n) is 7.42. The maximum Gasteiger partial charge on any atom is 4.00 e. The summed E-state index contributed by atoms with van der Waals surface area (Å²) in [6.45, 7) is 16.5. The van der Waals surface area contributed by atoms with Crippen molar-refractivity contribution >= 4 is 13.3 Å². The van der Waals surface area contributed by atoms with Gasteiger partial charge in [-0.05, 0) is 5.92 Å². The molecule has 0 saturated heterocycles. The predicted molar refractivity (Wildman–Crippen MR) is 116 cm³/mol. The van der Waals surface area contributed by atoms with Crippen LogP contribution in [0.3, 0.4) is 0 Å². The molecule has 2 unspecified atom stereocenters. The average molecular weight is 391 g/mol. The van der Waals surface area contributed by atoms with Gasteiger partial charge in [-0.1, -0.05) is 87.8 Å². The van der Waals surface area contributed by atoms with Crippen LogP contribution in [0, 0.1) is 34.3 Å². The van der Waals surface area contributed by atoms with E-state index < -0.39 is 8.07 Å². The molecule has 0 amide bonds. The fourth-order valence-electron chi connectivity index (χ4n) is 4.00.